The van der Waals surface area contributed by atoms with Gasteiger partial charge in [-0.3, -0.25) is 4.79 Å². The van der Waals surface area contributed by atoms with Gasteiger partial charge in [-0.15, -0.1) is 0 Å². The van der Waals surface area contributed by atoms with Gasteiger partial charge < -0.3 is 5.11 Å². The maximum atomic E-state index is 13.3. The lowest BCUT2D eigenvalue weighted by Gasteiger charge is -2.56. The molecule has 1 N–H and O–H groups in total. The van der Waals surface area contributed by atoms with Gasteiger partial charge in [0.1, 0.15) is 5.78 Å². The highest BCUT2D eigenvalue weighted by Gasteiger charge is 2.60. The normalized spacial score (nSPS) is 49.0. The number of allylic oxidation sites excluding steroid dienone is 2. The van der Waals surface area contributed by atoms with E-state index in [2.05, 4.69) is 24.8 Å². The fourth-order valence-corrected chi connectivity index (χ4v) is 6.61. The van der Waals surface area contributed by atoms with E-state index in [1.807, 2.05) is 0 Å². The van der Waals surface area contributed by atoms with Crippen molar-refractivity contribution in [3.05, 3.63) is 34.8 Å². The smallest absolute Gasteiger partial charge is 0.154 e. The first-order valence-corrected chi connectivity index (χ1v) is 9.36. The van der Waals surface area contributed by atoms with Gasteiger partial charge in [-0.25, -0.2) is 4.85 Å². The Labute approximate surface area is 144 Å². The number of hydrogen-bond donors (Lipinski definition) is 1. The second-order valence-corrected chi connectivity index (χ2v) is 8.91. The topological polar surface area (TPSA) is 41.7 Å². The molecule has 0 aliphatic heterocycles. The van der Waals surface area contributed by atoms with E-state index in [0.29, 0.717) is 24.0 Å². The van der Waals surface area contributed by atoms with Gasteiger partial charge >= 0.3 is 0 Å². The van der Waals surface area contributed by atoms with Crippen LogP contribution in [0.3, 0.4) is 0 Å². The number of fused-ring (bicyclic) bond motifs is 5. The molecule has 0 unspecified atom stereocenters. The molecule has 128 valence electrons. The Kier molecular flexibility index (Phi) is 3.55. The minimum absolute atomic E-state index is 0.0488. The molecule has 0 bridgehead atoms. The molecule has 6 atom stereocenters. The van der Waals surface area contributed by atoms with Crippen LogP contribution in [0.2, 0.25) is 0 Å². The first kappa shape index (κ1) is 16.1. The van der Waals surface area contributed by atoms with Crippen molar-refractivity contribution in [2.75, 3.05) is 0 Å². The Morgan fingerprint density at radius 2 is 2.12 bits per heavy atom. The summed E-state index contributed by atoms with van der Waals surface area (Å²) in [6, 6.07) is 0. The standard InChI is InChI=1S/C21H27NO2/c1-20-9-8-15(23)10-13(20)4-6-16-17-7-5-14(12-22-3)21(17,2)11-18(24)19(16)20/h4,12,15-17,19,23H,5-11H2,1-2H3/b14-12-/t15-,16+,17+,19-,20+,21-/m1/s1. The Hall–Kier alpha value is -1.40. The van der Waals surface area contributed by atoms with E-state index >= 15 is 0 Å². The quantitative estimate of drug-likeness (QED) is 0.533. The van der Waals surface area contributed by atoms with E-state index in [-0.39, 0.29) is 22.9 Å². The van der Waals surface area contributed by atoms with E-state index in [4.69, 9.17) is 6.57 Å². The van der Waals surface area contributed by atoms with Gasteiger partial charge in [0.05, 0.1) is 12.7 Å². The van der Waals surface area contributed by atoms with Crippen molar-refractivity contribution in [3.8, 4) is 0 Å². The lowest BCUT2D eigenvalue weighted by molar-refractivity contribution is -0.141. The summed E-state index contributed by atoms with van der Waals surface area (Å²) in [6.45, 7) is 11.7. The van der Waals surface area contributed by atoms with Gasteiger partial charge in [0.15, 0.2) is 6.20 Å². The third-order valence-corrected chi connectivity index (χ3v) is 7.84. The average molecular weight is 325 g/mol. The van der Waals surface area contributed by atoms with Crippen LogP contribution in [0.25, 0.3) is 4.85 Å². The van der Waals surface area contributed by atoms with Crippen LogP contribution in [0.1, 0.15) is 58.8 Å². The Balaban J connectivity index is 1.75. The number of carbonyl (C=O) groups excluding carboxylic acids is 1. The number of rotatable bonds is 0. The van der Waals surface area contributed by atoms with Crippen molar-refractivity contribution >= 4 is 5.78 Å². The van der Waals surface area contributed by atoms with Crippen LogP contribution in [0.15, 0.2) is 23.4 Å². The molecule has 0 heterocycles. The highest BCUT2D eigenvalue weighted by Crippen LogP contribution is 2.65. The number of Topliss-reactive ketones (excluding diaryl/α,β-unsaturated/α-hetero) is 1. The van der Waals surface area contributed by atoms with Crippen LogP contribution < -0.4 is 0 Å². The third kappa shape index (κ3) is 2.02. The third-order valence-electron chi connectivity index (χ3n) is 7.84. The van der Waals surface area contributed by atoms with E-state index in [0.717, 1.165) is 38.5 Å². The fraction of sp³-hybridized carbons (Fsp3) is 0.714. The Morgan fingerprint density at radius 1 is 1.33 bits per heavy atom. The van der Waals surface area contributed by atoms with Crippen LogP contribution in [-0.2, 0) is 4.79 Å². The van der Waals surface area contributed by atoms with Crippen molar-refractivity contribution in [1.82, 2.24) is 0 Å². The van der Waals surface area contributed by atoms with Crippen molar-refractivity contribution in [3.63, 3.8) is 0 Å². The summed E-state index contributed by atoms with van der Waals surface area (Å²) in [5, 5.41) is 10.0. The van der Waals surface area contributed by atoms with Crippen molar-refractivity contribution in [2.45, 2.75) is 64.9 Å². The molecule has 0 amide bonds. The average Bonchev–Trinajstić information content (AvgIpc) is 2.84. The van der Waals surface area contributed by atoms with Crippen molar-refractivity contribution in [1.29, 1.82) is 0 Å². The molecule has 0 aromatic heterocycles. The summed E-state index contributed by atoms with van der Waals surface area (Å²) in [7, 11) is 0. The molecule has 0 radical (unpaired) electrons. The second kappa shape index (κ2) is 5.30. The summed E-state index contributed by atoms with van der Waals surface area (Å²) < 4.78 is 0. The highest BCUT2D eigenvalue weighted by atomic mass is 16.3. The minimum Gasteiger partial charge on any atom is -0.393 e. The molecule has 0 aromatic carbocycles. The zero-order chi connectivity index (χ0) is 17.1. The number of aliphatic hydroxyl groups is 1. The first-order chi connectivity index (χ1) is 11.4. The molecule has 3 fully saturated rings. The fourth-order valence-electron chi connectivity index (χ4n) is 6.61. The molecule has 3 nitrogen and oxygen atoms in total. The van der Waals surface area contributed by atoms with Gasteiger partial charge in [0.25, 0.3) is 0 Å². The monoisotopic (exact) mass is 325 g/mol. The summed E-state index contributed by atoms with van der Waals surface area (Å²) in [4.78, 5) is 16.8. The van der Waals surface area contributed by atoms with Crippen molar-refractivity contribution in [2.24, 2.45) is 28.6 Å². The van der Waals surface area contributed by atoms with Gasteiger partial charge in [0.2, 0.25) is 0 Å². The van der Waals surface area contributed by atoms with Gasteiger partial charge in [-0.2, -0.15) is 0 Å². The first-order valence-electron chi connectivity index (χ1n) is 9.36. The second-order valence-electron chi connectivity index (χ2n) is 8.91. The molecule has 4 rings (SSSR count). The van der Waals surface area contributed by atoms with Gasteiger partial charge in [-0.1, -0.05) is 31.1 Å². The van der Waals surface area contributed by atoms with E-state index in [1.165, 1.54) is 11.1 Å². The lowest BCUT2D eigenvalue weighted by atomic mass is 9.47. The number of ketones is 1. The molecule has 4 aliphatic rings. The maximum Gasteiger partial charge on any atom is 0.154 e. The summed E-state index contributed by atoms with van der Waals surface area (Å²) in [5.74, 6) is 1.46. The van der Waals surface area contributed by atoms with E-state index in [1.54, 1.807) is 6.20 Å². The number of carbonyl (C=O) groups is 1. The SMILES string of the molecule is [C-]#[N+]/C=C1/CC[C@H]2[C@@H]3CC=C4C[C@H](O)CC[C@]4(C)[C@H]3C(=O)C[C@]12C. The van der Waals surface area contributed by atoms with Crippen LogP contribution in [-0.4, -0.2) is 17.0 Å². The minimum atomic E-state index is -0.232. The van der Waals surface area contributed by atoms with E-state index < -0.39 is 0 Å². The maximum absolute atomic E-state index is 13.3. The predicted octanol–water partition coefficient (Wildman–Crippen LogP) is 4.29. The molecular weight excluding hydrogens is 298 g/mol. The summed E-state index contributed by atoms with van der Waals surface area (Å²) >= 11 is 0. The summed E-state index contributed by atoms with van der Waals surface area (Å²) in [5.41, 5.74) is 2.38. The van der Waals surface area contributed by atoms with Crippen LogP contribution in [0.4, 0.5) is 0 Å². The Morgan fingerprint density at radius 3 is 2.88 bits per heavy atom. The van der Waals surface area contributed by atoms with Gasteiger partial charge in [-0.05, 0) is 61.2 Å². The molecule has 3 saturated carbocycles. The van der Waals surface area contributed by atoms with Crippen LogP contribution in [0.5, 0.6) is 0 Å². The zero-order valence-corrected chi connectivity index (χ0v) is 14.7. The molecule has 24 heavy (non-hydrogen) atoms. The van der Waals surface area contributed by atoms with Gasteiger partial charge in [0, 0.05) is 12.3 Å². The van der Waals surface area contributed by atoms with E-state index in [9.17, 15) is 9.90 Å². The zero-order valence-electron chi connectivity index (χ0n) is 14.7. The molecule has 0 spiro atoms. The molecule has 0 saturated heterocycles. The van der Waals surface area contributed by atoms with Crippen LogP contribution >= 0.6 is 0 Å². The number of aliphatic hydroxyl groups excluding tert-OH is 1. The Bertz CT molecular complexity index is 684. The highest BCUT2D eigenvalue weighted by molar-refractivity contribution is 5.85. The molecular formula is C21H27NO2. The van der Waals surface area contributed by atoms with Crippen molar-refractivity contribution < 1.29 is 9.90 Å². The summed E-state index contributed by atoms with van der Waals surface area (Å²) in [6.07, 6.45) is 9.97. The predicted molar refractivity (Wildman–Crippen MR) is 92.8 cm³/mol. The molecule has 3 heteroatoms. The van der Waals surface area contributed by atoms with Crippen LogP contribution in [0, 0.1) is 35.2 Å². The molecule has 0 aromatic rings. The largest absolute Gasteiger partial charge is 0.393 e. The number of hydrogen-bond acceptors (Lipinski definition) is 2. The molecule has 4 aliphatic carbocycles. The number of nitrogens with zero attached hydrogens (tertiary/aromatic N) is 1. The lowest BCUT2D eigenvalue weighted by Crippen LogP contribution is -2.53.